The summed E-state index contributed by atoms with van der Waals surface area (Å²) in [5.41, 5.74) is 0.747. The quantitative estimate of drug-likeness (QED) is 0.289. The highest BCUT2D eigenvalue weighted by molar-refractivity contribution is 7.98. The molecule has 0 atom stereocenters. The topological polar surface area (TPSA) is 69.6 Å². The molecular formula is C22H22ClN5OS2. The summed E-state index contributed by atoms with van der Waals surface area (Å²) in [4.78, 5) is 5.84. The average Bonchev–Trinajstić information content (AvgIpc) is 3.55. The monoisotopic (exact) mass is 471 g/mol. The van der Waals surface area contributed by atoms with Crippen LogP contribution in [0.2, 0.25) is 5.02 Å². The second kappa shape index (κ2) is 9.54. The van der Waals surface area contributed by atoms with Gasteiger partial charge in [0.05, 0.1) is 16.3 Å². The van der Waals surface area contributed by atoms with E-state index in [9.17, 15) is 0 Å². The highest BCUT2D eigenvalue weighted by Gasteiger charge is 2.24. The number of hydrogen-bond acceptors (Lipinski definition) is 7. The van der Waals surface area contributed by atoms with Crippen molar-refractivity contribution in [2.24, 2.45) is 0 Å². The molecule has 5 rings (SSSR count). The molecule has 0 N–H and O–H groups in total. The predicted octanol–water partition coefficient (Wildman–Crippen LogP) is 6.43. The van der Waals surface area contributed by atoms with E-state index in [4.69, 9.17) is 16.1 Å². The van der Waals surface area contributed by atoms with Crippen LogP contribution in [0.3, 0.4) is 0 Å². The van der Waals surface area contributed by atoms with Crippen molar-refractivity contribution in [3.05, 3.63) is 63.3 Å². The summed E-state index contributed by atoms with van der Waals surface area (Å²) in [7, 11) is 0. The van der Waals surface area contributed by atoms with Gasteiger partial charge in [-0.15, -0.1) is 21.5 Å². The number of rotatable bonds is 7. The van der Waals surface area contributed by atoms with Gasteiger partial charge in [0.1, 0.15) is 5.82 Å². The molecule has 0 bridgehead atoms. The van der Waals surface area contributed by atoms with Gasteiger partial charge in [-0.25, -0.2) is 0 Å². The van der Waals surface area contributed by atoms with Crippen molar-refractivity contribution in [2.45, 2.75) is 55.5 Å². The van der Waals surface area contributed by atoms with E-state index in [0.29, 0.717) is 28.5 Å². The number of halogens is 1. The van der Waals surface area contributed by atoms with Crippen LogP contribution in [0.25, 0.3) is 11.5 Å². The zero-order chi connectivity index (χ0) is 21.0. The lowest BCUT2D eigenvalue weighted by Crippen LogP contribution is -2.16. The molecule has 160 valence electrons. The first-order chi connectivity index (χ1) is 15.3. The van der Waals surface area contributed by atoms with Crippen LogP contribution in [0.4, 0.5) is 0 Å². The number of aromatic nitrogens is 5. The zero-order valence-corrected chi connectivity index (χ0v) is 19.3. The molecule has 1 fully saturated rings. The summed E-state index contributed by atoms with van der Waals surface area (Å²) < 4.78 is 7.80. The Kier molecular flexibility index (Phi) is 6.38. The third-order valence-corrected chi connectivity index (χ3v) is 7.64. The Hall–Kier alpha value is -2.16. The summed E-state index contributed by atoms with van der Waals surface area (Å²) in [6, 6.07) is 12.2. The molecule has 0 spiro atoms. The van der Waals surface area contributed by atoms with E-state index in [1.165, 1.54) is 37.0 Å². The molecule has 0 amide bonds. The first-order valence-electron chi connectivity index (χ1n) is 10.4. The van der Waals surface area contributed by atoms with Crippen molar-refractivity contribution in [3.8, 4) is 11.5 Å². The first kappa shape index (κ1) is 20.7. The van der Waals surface area contributed by atoms with Crippen molar-refractivity contribution >= 4 is 34.7 Å². The van der Waals surface area contributed by atoms with Gasteiger partial charge in [0.2, 0.25) is 0 Å². The normalized spacial score (nSPS) is 14.9. The minimum Gasteiger partial charge on any atom is -0.334 e. The van der Waals surface area contributed by atoms with Crippen LogP contribution < -0.4 is 0 Å². The van der Waals surface area contributed by atoms with Crippen LogP contribution in [0, 0.1) is 0 Å². The molecule has 3 heterocycles. The Bertz CT molecular complexity index is 1130. The molecule has 0 saturated heterocycles. The van der Waals surface area contributed by atoms with E-state index in [1.807, 2.05) is 24.3 Å². The van der Waals surface area contributed by atoms with Crippen LogP contribution >= 0.6 is 34.7 Å². The third kappa shape index (κ3) is 4.71. The van der Waals surface area contributed by atoms with Gasteiger partial charge < -0.3 is 9.09 Å². The molecule has 1 aromatic carbocycles. The molecule has 1 aliphatic rings. The second-order valence-corrected chi connectivity index (χ2v) is 9.98. The molecular weight excluding hydrogens is 450 g/mol. The molecule has 6 nitrogen and oxygen atoms in total. The Balaban J connectivity index is 1.35. The van der Waals surface area contributed by atoms with E-state index in [1.54, 1.807) is 23.1 Å². The number of nitrogens with zero attached hydrogens (tertiary/aromatic N) is 5. The van der Waals surface area contributed by atoms with Crippen LogP contribution in [-0.2, 0) is 12.2 Å². The van der Waals surface area contributed by atoms with Gasteiger partial charge in [-0.2, -0.15) is 4.98 Å². The maximum atomic E-state index is 6.26. The SMILES string of the molecule is Clc1ccccc1-c1nc(CSc2nnc(Cc3cccs3)n2C2CCCCC2)no1. The molecule has 1 saturated carbocycles. The third-order valence-electron chi connectivity index (χ3n) is 5.49. The van der Waals surface area contributed by atoms with Gasteiger partial charge in [0, 0.05) is 17.3 Å². The molecule has 31 heavy (non-hydrogen) atoms. The van der Waals surface area contributed by atoms with Crippen molar-refractivity contribution in [1.82, 2.24) is 24.9 Å². The van der Waals surface area contributed by atoms with E-state index in [-0.39, 0.29) is 0 Å². The highest BCUT2D eigenvalue weighted by Crippen LogP contribution is 2.34. The predicted molar refractivity (Wildman–Crippen MR) is 124 cm³/mol. The summed E-state index contributed by atoms with van der Waals surface area (Å²) in [5.74, 6) is 2.67. The van der Waals surface area contributed by atoms with Crippen LogP contribution in [0.15, 0.2) is 51.5 Å². The Morgan fingerprint density at radius 1 is 1.10 bits per heavy atom. The lowest BCUT2D eigenvalue weighted by atomic mass is 9.95. The fraction of sp³-hybridized carbons (Fsp3) is 0.364. The molecule has 0 aliphatic heterocycles. The number of thiophene rings is 1. The van der Waals surface area contributed by atoms with Crippen LogP contribution in [-0.4, -0.2) is 24.9 Å². The summed E-state index contributed by atoms with van der Waals surface area (Å²) in [6.45, 7) is 0. The number of thioether (sulfide) groups is 1. The lowest BCUT2D eigenvalue weighted by Gasteiger charge is -2.25. The standard InChI is InChI=1S/C22H22ClN5OS2/c23-18-11-5-4-10-17(18)21-24-19(27-29-21)14-31-22-26-25-20(13-16-9-6-12-30-16)28(22)15-7-2-1-3-8-15/h4-6,9-12,15H,1-3,7-8,13-14H2. The molecule has 4 aromatic rings. The lowest BCUT2D eigenvalue weighted by molar-refractivity contribution is 0.330. The number of benzene rings is 1. The van der Waals surface area contributed by atoms with Gasteiger partial charge in [-0.1, -0.05) is 66.0 Å². The Morgan fingerprint density at radius 2 is 1.97 bits per heavy atom. The van der Waals surface area contributed by atoms with Crippen LogP contribution in [0.1, 0.15) is 54.7 Å². The van der Waals surface area contributed by atoms with Gasteiger partial charge in [-0.05, 0) is 36.4 Å². The van der Waals surface area contributed by atoms with Crippen molar-refractivity contribution in [2.75, 3.05) is 0 Å². The van der Waals surface area contributed by atoms with Gasteiger partial charge in [-0.3, -0.25) is 0 Å². The molecule has 0 radical (unpaired) electrons. The van der Waals surface area contributed by atoms with Crippen molar-refractivity contribution < 1.29 is 4.52 Å². The fourth-order valence-corrected chi connectivity index (χ4v) is 5.77. The van der Waals surface area contributed by atoms with E-state index in [2.05, 4.69) is 42.4 Å². The largest absolute Gasteiger partial charge is 0.334 e. The molecule has 1 aliphatic carbocycles. The second-order valence-electron chi connectivity index (χ2n) is 7.60. The van der Waals surface area contributed by atoms with Gasteiger partial charge >= 0.3 is 0 Å². The van der Waals surface area contributed by atoms with Gasteiger partial charge in [0.15, 0.2) is 11.0 Å². The first-order valence-corrected chi connectivity index (χ1v) is 12.7. The minimum atomic E-state index is 0.438. The molecule has 0 unspecified atom stereocenters. The summed E-state index contributed by atoms with van der Waals surface area (Å²) in [6.07, 6.45) is 7.02. The van der Waals surface area contributed by atoms with Crippen molar-refractivity contribution in [3.63, 3.8) is 0 Å². The highest BCUT2D eigenvalue weighted by atomic mass is 35.5. The van der Waals surface area contributed by atoms with Crippen LogP contribution in [0.5, 0.6) is 0 Å². The average molecular weight is 472 g/mol. The van der Waals surface area contributed by atoms with E-state index < -0.39 is 0 Å². The summed E-state index contributed by atoms with van der Waals surface area (Å²) >= 11 is 9.63. The van der Waals surface area contributed by atoms with Crippen molar-refractivity contribution in [1.29, 1.82) is 0 Å². The smallest absolute Gasteiger partial charge is 0.259 e. The van der Waals surface area contributed by atoms with Gasteiger partial charge in [0.25, 0.3) is 5.89 Å². The summed E-state index contributed by atoms with van der Waals surface area (Å²) in [5, 5.41) is 16.9. The Labute approximate surface area is 194 Å². The minimum absolute atomic E-state index is 0.438. The molecule has 3 aromatic heterocycles. The molecule has 9 heteroatoms. The Morgan fingerprint density at radius 3 is 2.77 bits per heavy atom. The van der Waals surface area contributed by atoms with E-state index in [0.717, 1.165) is 23.0 Å². The fourth-order valence-electron chi connectivity index (χ4n) is 3.99. The zero-order valence-electron chi connectivity index (χ0n) is 16.9. The maximum Gasteiger partial charge on any atom is 0.259 e. The number of hydrogen-bond donors (Lipinski definition) is 0. The maximum absolute atomic E-state index is 6.26. The van der Waals surface area contributed by atoms with E-state index >= 15 is 0 Å².